The van der Waals surface area contributed by atoms with Gasteiger partial charge in [0.2, 0.25) is 0 Å². The van der Waals surface area contributed by atoms with Crippen LogP contribution in [0, 0.1) is 0 Å². The van der Waals surface area contributed by atoms with Crippen LogP contribution in [0.4, 0.5) is 5.69 Å². The summed E-state index contributed by atoms with van der Waals surface area (Å²) in [5.41, 5.74) is 0.463. The van der Waals surface area contributed by atoms with Crippen molar-refractivity contribution in [3.05, 3.63) is 35.0 Å². The van der Waals surface area contributed by atoms with E-state index in [2.05, 4.69) is 5.32 Å². The number of ether oxygens (including phenoxy) is 4. The van der Waals surface area contributed by atoms with E-state index >= 15 is 0 Å². The fourth-order valence-corrected chi connectivity index (χ4v) is 2.36. The first-order valence-corrected chi connectivity index (χ1v) is 7.98. The Morgan fingerprint density at radius 1 is 1.19 bits per heavy atom. The molecule has 0 bridgehead atoms. The summed E-state index contributed by atoms with van der Waals surface area (Å²) >= 11 is 0. The van der Waals surface area contributed by atoms with E-state index < -0.39 is 23.7 Å². The van der Waals surface area contributed by atoms with E-state index in [9.17, 15) is 14.4 Å². The van der Waals surface area contributed by atoms with Gasteiger partial charge in [-0.25, -0.2) is 14.4 Å². The Morgan fingerprint density at radius 3 is 2.35 bits per heavy atom. The Bertz CT molecular complexity index is 758. The van der Waals surface area contributed by atoms with Gasteiger partial charge < -0.3 is 24.3 Å². The van der Waals surface area contributed by atoms with Gasteiger partial charge in [0, 0.05) is 19.5 Å². The van der Waals surface area contributed by atoms with Crippen molar-refractivity contribution in [1.29, 1.82) is 0 Å². The van der Waals surface area contributed by atoms with Gasteiger partial charge in [-0.05, 0) is 32.0 Å². The highest BCUT2D eigenvalue weighted by molar-refractivity contribution is 6.16. The molecular weight excluding hydrogens is 342 g/mol. The lowest BCUT2D eigenvalue weighted by Gasteiger charge is -2.30. The number of allylic oxidation sites excluding steroid dienone is 1. The zero-order valence-corrected chi connectivity index (χ0v) is 15.3. The molecule has 0 saturated carbocycles. The van der Waals surface area contributed by atoms with Gasteiger partial charge in [0.05, 0.1) is 25.0 Å². The summed E-state index contributed by atoms with van der Waals surface area (Å²) in [6, 6.07) is 4.71. The van der Waals surface area contributed by atoms with Gasteiger partial charge in [-0.1, -0.05) is 0 Å². The number of nitrogens with one attached hydrogen (secondary N) is 1. The zero-order chi connectivity index (χ0) is 19.5. The average Bonchev–Trinajstić information content (AvgIpc) is 2.53. The van der Waals surface area contributed by atoms with Crippen LogP contribution in [0.25, 0.3) is 0 Å². The van der Waals surface area contributed by atoms with Gasteiger partial charge in [0.1, 0.15) is 5.75 Å². The Labute approximate surface area is 151 Å². The first-order chi connectivity index (χ1) is 12.2. The molecule has 0 aliphatic carbocycles. The molecule has 1 heterocycles. The number of hydrogen-bond acceptors (Lipinski definition) is 8. The second-order valence-electron chi connectivity index (χ2n) is 5.94. The SMILES string of the molecule is CCOC(=O)c1cc(OC)ccc1NC(C)=C1C(=O)OC(C)(C)OC1=O. The van der Waals surface area contributed by atoms with E-state index in [1.165, 1.54) is 33.9 Å². The molecule has 0 spiro atoms. The normalized spacial score (nSPS) is 15.7. The summed E-state index contributed by atoms with van der Waals surface area (Å²) in [6.45, 7) is 6.32. The van der Waals surface area contributed by atoms with Gasteiger partial charge in [0.15, 0.2) is 5.57 Å². The summed E-state index contributed by atoms with van der Waals surface area (Å²) in [5.74, 6) is -3.04. The molecule has 0 amide bonds. The Hall–Kier alpha value is -3.03. The van der Waals surface area contributed by atoms with Crippen LogP contribution in [0.5, 0.6) is 5.75 Å². The van der Waals surface area contributed by atoms with Crippen molar-refractivity contribution in [2.24, 2.45) is 0 Å². The van der Waals surface area contributed by atoms with Gasteiger partial charge >= 0.3 is 17.9 Å². The Morgan fingerprint density at radius 2 is 1.81 bits per heavy atom. The largest absolute Gasteiger partial charge is 0.497 e. The van der Waals surface area contributed by atoms with Crippen molar-refractivity contribution < 1.29 is 33.3 Å². The number of carbonyl (C=O) groups is 3. The zero-order valence-electron chi connectivity index (χ0n) is 15.3. The molecule has 1 aromatic carbocycles. The molecule has 1 saturated heterocycles. The van der Waals surface area contributed by atoms with Gasteiger partial charge in [-0.15, -0.1) is 0 Å². The van der Waals surface area contributed by atoms with Crippen LogP contribution in [0.1, 0.15) is 38.1 Å². The number of carbonyl (C=O) groups excluding carboxylic acids is 3. The molecule has 2 rings (SSSR count). The molecule has 8 heteroatoms. The van der Waals surface area contributed by atoms with Crippen LogP contribution in [0.2, 0.25) is 0 Å². The van der Waals surface area contributed by atoms with Crippen molar-refractivity contribution in [3.8, 4) is 5.75 Å². The lowest BCUT2D eigenvalue weighted by Crippen LogP contribution is -2.42. The minimum absolute atomic E-state index is 0.186. The van der Waals surface area contributed by atoms with E-state index in [1.54, 1.807) is 19.1 Å². The molecule has 26 heavy (non-hydrogen) atoms. The van der Waals surface area contributed by atoms with E-state index in [-0.39, 0.29) is 23.4 Å². The topological polar surface area (TPSA) is 100 Å². The lowest BCUT2D eigenvalue weighted by molar-refractivity contribution is -0.222. The third-order valence-corrected chi connectivity index (χ3v) is 3.50. The van der Waals surface area contributed by atoms with E-state index in [0.29, 0.717) is 11.4 Å². The van der Waals surface area contributed by atoms with Crippen LogP contribution in [0.15, 0.2) is 29.5 Å². The smallest absolute Gasteiger partial charge is 0.350 e. The molecule has 1 fully saturated rings. The van der Waals surface area contributed by atoms with E-state index in [4.69, 9.17) is 18.9 Å². The molecule has 0 atom stereocenters. The molecule has 1 aromatic rings. The highest BCUT2D eigenvalue weighted by atomic mass is 16.7. The number of hydrogen-bond donors (Lipinski definition) is 1. The molecule has 0 radical (unpaired) electrons. The third-order valence-electron chi connectivity index (χ3n) is 3.50. The fraction of sp³-hybridized carbons (Fsp3) is 0.389. The van der Waals surface area contributed by atoms with Crippen LogP contribution < -0.4 is 10.1 Å². The molecule has 1 aliphatic heterocycles. The Kier molecular flexibility index (Phi) is 5.54. The monoisotopic (exact) mass is 363 g/mol. The van der Waals surface area contributed by atoms with Crippen LogP contribution in [-0.2, 0) is 23.8 Å². The first-order valence-electron chi connectivity index (χ1n) is 7.98. The number of anilines is 1. The second kappa shape index (κ2) is 7.47. The second-order valence-corrected chi connectivity index (χ2v) is 5.94. The van der Waals surface area contributed by atoms with Crippen LogP contribution in [-0.4, -0.2) is 37.4 Å². The van der Waals surface area contributed by atoms with Crippen molar-refractivity contribution in [1.82, 2.24) is 0 Å². The number of methoxy groups -OCH3 is 1. The lowest BCUT2D eigenvalue weighted by atomic mass is 10.1. The standard InChI is InChI=1S/C18H21NO7/c1-6-24-15(20)12-9-11(23-5)7-8-13(12)19-10(2)14-16(21)25-18(3,4)26-17(14)22/h7-9,19H,6H2,1-5H3. The molecule has 0 aromatic heterocycles. The molecule has 1 aliphatic rings. The quantitative estimate of drug-likeness (QED) is 0.483. The predicted molar refractivity (Wildman–Crippen MR) is 91.5 cm³/mol. The molecular formula is C18H21NO7. The van der Waals surface area contributed by atoms with Crippen LogP contribution in [0.3, 0.4) is 0 Å². The summed E-state index contributed by atoms with van der Waals surface area (Å²) in [5, 5.41) is 2.88. The van der Waals surface area contributed by atoms with Crippen molar-refractivity contribution >= 4 is 23.6 Å². The maximum absolute atomic E-state index is 12.2. The maximum Gasteiger partial charge on any atom is 0.350 e. The Balaban J connectivity index is 2.39. The molecule has 140 valence electrons. The fourth-order valence-electron chi connectivity index (χ4n) is 2.36. The minimum atomic E-state index is -1.33. The summed E-state index contributed by atoms with van der Waals surface area (Å²) in [7, 11) is 1.47. The van der Waals surface area contributed by atoms with E-state index in [1.807, 2.05) is 0 Å². The minimum Gasteiger partial charge on any atom is -0.497 e. The highest BCUT2D eigenvalue weighted by Gasteiger charge is 2.40. The first kappa shape index (κ1) is 19.3. The van der Waals surface area contributed by atoms with Gasteiger partial charge in [-0.3, -0.25) is 0 Å². The maximum atomic E-state index is 12.2. The molecule has 1 N–H and O–H groups in total. The van der Waals surface area contributed by atoms with Crippen molar-refractivity contribution in [3.63, 3.8) is 0 Å². The molecule has 8 nitrogen and oxygen atoms in total. The summed E-state index contributed by atoms with van der Waals surface area (Å²) in [6.07, 6.45) is 0. The number of rotatable bonds is 5. The number of esters is 3. The highest BCUT2D eigenvalue weighted by Crippen LogP contribution is 2.28. The number of cyclic esters (lactones) is 2. The molecule has 0 unspecified atom stereocenters. The van der Waals surface area contributed by atoms with Crippen molar-refractivity contribution in [2.45, 2.75) is 33.5 Å². The van der Waals surface area contributed by atoms with Gasteiger partial charge in [-0.2, -0.15) is 0 Å². The summed E-state index contributed by atoms with van der Waals surface area (Å²) < 4.78 is 20.3. The van der Waals surface area contributed by atoms with Gasteiger partial charge in [0.25, 0.3) is 5.79 Å². The number of benzene rings is 1. The average molecular weight is 363 g/mol. The van der Waals surface area contributed by atoms with Crippen molar-refractivity contribution in [2.75, 3.05) is 19.0 Å². The van der Waals surface area contributed by atoms with E-state index in [0.717, 1.165) is 0 Å². The summed E-state index contributed by atoms with van der Waals surface area (Å²) in [4.78, 5) is 36.5. The van der Waals surface area contributed by atoms with Crippen LogP contribution >= 0.6 is 0 Å². The third kappa shape index (κ3) is 4.14. The predicted octanol–water partition coefficient (Wildman–Crippen LogP) is 2.39.